The molecule has 1 aliphatic rings. The summed E-state index contributed by atoms with van der Waals surface area (Å²) in [4.78, 5) is 2.57. The predicted octanol–water partition coefficient (Wildman–Crippen LogP) is 6.10. The van der Waals surface area contributed by atoms with Crippen LogP contribution in [0.15, 0.2) is 85.1 Å². The van der Waals surface area contributed by atoms with Crippen LogP contribution in [0.5, 0.6) is 0 Å². The highest BCUT2D eigenvalue weighted by molar-refractivity contribution is 6.31. The van der Waals surface area contributed by atoms with Gasteiger partial charge in [-0.05, 0) is 54.8 Å². The van der Waals surface area contributed by atoms with Gasteiger partial charge in [0.05, 0.1) is 0 Å². The lowest BCUT2D eigenvalue weighted by Crippen LogP contribution is -2.41. The van der Waals surface area contributed by atoms with Crippen molar-refractivity contribution >= 4 is 22.5 Å². The molecule has 0 amide bonds. The van der Waals surface area contributed by atoms with E-state index in [1.165, 1.54) is 34.9 Å². The zero-order chi connectivity index (χ0) is 21.8. The monoisotopic (exact) mass is 443 g/mol. The van der Waals surface area contributed by atoms with Crippen molar-refractivity contribution in [1.82, 2.24) is 14.8 Å². The Morgan fingerprint density at radius 1 is 0.781 bits per heavy atom. The summed E-state index contributed by atoms with van der Waals surface area (Å²) < 4.78 is 2.33. The summed E-state index contributed by atoms with van der Waals surface area (Å²) in [6, 6.07) is 28.2. The maximum Gasteiger partial charge on any atom is 0.0491 e. The smallest absolute Gasteiger partial charge is 0.0491 e. The van der Waals surface area contributed by atoms with Crippen molar-refractivity contribution in [2.24, 2.45) is 0 Å². The van der Waals surface area contributed by atoms with Gasteiger partial charge in [0.15, 0.2) is 0 Å². The first kappa shape index (κ1) is 21.3. The molecule has 5 rings (SSSR count). The number of benzene rings is 3. The van der Waals surface area contributed by atoms with Gasteiger partial charge in [-0.15, -0.1) is 0 Å². The molecule has 1 fully saturated rings. The van der Waals surface area contributed by atoms with E-state index in [4.69, 9.17) is 11.6 Å². The van der Waals surface area contributed by atoms with Crippen molar-refractivity contribution in [3.8, 4) is 0 Å². The fraction of sp³-hybridized carbons (Fsp3) is 0.286. The van der Waals surface area contributed by atoms with Gasteiger partial charge in [-0.1, -0.05) is 78.3 Å². The number of hydrogen-bond donors (Lipinski definition) is 1. The molecule has 164 valence electrons. The van der Waals surface area contributed by atoms with E-state index >= 15 is 0 Å². The molecule has 0 spiro atoms. The number of piperidine rings is 1. The molecule has 4 heteroatoms. The first-order chi connectivity index (χ1) is 15.8. The lowest BCUT2D eigenvalue weighted by Gasteiger charge is -2.32. The van der Waals surface area contributed by atoms with Crippen molar-refractivity contribution in [3.63, 3.8) is 0 Å². The Labute approximate surface area is 195 Å². The highest BCUT2D eigenvalue weighted by Gasteiger charge is 2.19. The Hall–Kier alpha value is -2.59. The normalized spacial score (nSPS) is 15.4. The summed E-state index contributed by atoms with van der Waals surface area (Å²) in [6.45, 7) is 5.06. The molecule has 0 radical (unpaired) electrons. The lowest BCUT2D eigenvalue weighted by molar-refractivity contribution is 0.190. The average Bonchev–Trinajstić information content (AvgIpc) is 3.18. The van der Waals surface area contributed by atoms with E-state index in [0.29, 0.717) is 6.04 Å². The third-order valence-corrected chi connectivity index (χ3v) is 6.96. The number of nitrogens with zero attached hydrogens (tertiary/aromatic N) is 2. The fourth-order valence-corrected chi connectivity index (χ4v) is 4.99. The van der Waals surface area contributed by atoms with Crippen LogP contribution in [0.3, 0.4) is 0 Å². The van der Waals surface area contributed by atoms with Gasteiger partial charge in [0.25, 0.3) is 0 Å². The molecule has 3 nitrogen and oxygen atoms in total. The van der Waals surface area contributed by atoms with Crippen LogP contribution in [0.25, 0.3) is 10.9 Å². The third kappa shape index (κ3) is 4.91. The van der Waals surface area contributed by atoms with Crippen LogP contribution in [-0.4, -0.2) is 28.6 Å². The highest BCUT2D eigenvalue weighted by atomic mass is 35.5. The number of rotatable bonds is 7. The Balaban J connectivity index is 1.22. The Morgan fingerprint density at radius 2 is 1.50 bits per heavy atom. The van der Waals surface area contributed by atoms with E-state index in [0.717, 1.165) is 43.3 Å². The molecule has 0 bridgehead atoms. The summed E-state index contributed by atoms with van der Waals surface area (Å²) in [5.74, 6) is 0. The Bertz CT molecular complexity index is 1160. The molecule has 0 unspecified atom stereocenters. The molecule has 1 aliphatic heterocycles. The van der Waals surface area contributed by atoms with Gasteiger partial charge in [0.1, 0.15) is 0 Å². The van der Waals surface area contributed by atoms with Crippen LogP contribution in [-0.2, 0) is 19.6 Å². The minimum absolute atomic E-state index is 0.577. The number of aromatic nitrogens is 1. The van der Waals surface area contributed by atoms with E-state index in [2.05, 4.69) is 87.7 Å². The van der Waals surface area contributed by atoms with Crippen molar-refractivity contribution in [2.45, 2.75) is 38.5 Å². The molecule has 1 aromatic heterocycles. The van der Waals surface area contributed by atoms with Gasteiger partial charge < -0.3 is 9.88 Å². The first-order valence-electron chi connectivity index (χ1n) is 11.6. The maximum absolute atomic E-state index is 6.43. The van der Waals surface area contributed by atoms with Crippen LogP contribution in [0, 0.1) is 0 Å². The summed E-state index contributed by atoms with van der Waals surface area (Å²) in [5.41, 5.74) is 5.19. The van der Waals surface area contributed by atoms with Crippen LogP contribution in [0.1, 0.15) is 29.5 Å². The van der Waals surface area contributed by atoms with E-state index in [1.807, 2.05) is 12.1 Å². The van der Waals surface area contributed by atoms with Crippen molar-refractivity contribution in [3.05, 3.63) is 107 Å². The predicted molar refractivity (Wildman–Crippen MR) is 134 cm³/mol. The lowest BCUT2D eigenvalue weighted by atomic mass is 10.0. The molecule has 1 saturated heterocycles. The van der Waals surface area contributed by atoms with Crippen molar-refractivity contribution in [2.75, 3.05) is 13.1 Å². The SMILES string of the molecule is Clc1ccccc1Cn1cc(CNC2CCN(Cc3ccccc3)CC2)c2ccccc21. The molecule has 0 atom stereocenters. The molecule has 32 heavy (non-hydrogen) atoms. The van der Waals surface area contributed by atoms with Crippen LogP contribution >= 0.6 is 11.6 Å². The van der Waals surface area contributed by atoms with Gasteiger partial charge in [-0.3, -0.25) is 4.90 Å². The summed E-state index contributed by atoms with van der Waals surface area (Å²) in [6.07, 6.45) is 4.70. The van der Waals surface area contributed by atoms with E-state index in [-0.39, 0.29) is 0 Å². The molecule has 0 saturated carbocycles. The van der Waals surface area contributed by atoms with Crippen molar-refractivity contribution < 1.29 is 0 Å². The number of para-hydroxylation sites is 1. The molecule has 2 heterocycles. The minimum Gasteiger partial charge on any atom is -0.343 e. The second-order valence-corrected chi connectivity index (χ2v) is 9.21. The van der Waals surface area contributed by atoms with Crippen molar-refractivity contribution in [1.29, 1.82) is 0 Å². The van der Waals surface area contributed by atoms with Gasteiger partial charge in [-0.25, -0.2) is 0 Å². The molecular formula is C28H30ClN3. The molecule has 0 aliphatic carbocycles. The zero-order valence-corrected chi connectivity index (χ0v) is 19.1. The number of fused-ring (bicyclic) bond motifs is 1. The molecule has 4 aromatic rings. The molecule has 1 N–H and O–H groups in total. The van der Waals surface area contributed by atoms with E-state index in [9.17, 15) is 0 Å². The van der Waals surface area contributed by atoms with Crippen LogP contribution in [0.4, 0.5) is 0 Å². The average molecular weight is 444 g/mol. The topological polar surface area (TPSA) is 20.2 Å². The number of nitrogens with one attached hydrogen (secondary N) is 1. The summed E-state index contributed by atoms with van der Waals surface area (Å²) in [7, 11) is 0. The van der Waals surface area contributed by atoms with Crippen LogP contribution in [0.2, 0.25) is 5.02 Å². The third-order valence-electron chi connectivity index (χ3n) is 6.59. The maximum atomic E-state index is 6.43. The second kappa shape index (κ2) is 9.91. The van der Waals surface area contributed by atoms with Gasteiger partial charge in [0.2, 0.25) is 0 Å². The number of likely N-dealkylation sites (tertiary alicyclic amines) is 1. The Morgan fingerprint density at radius 3 is 2.31 bits per heavy atom. The van der Waals surface area contributed by atoms with Crippen LogP contribution < -0.4 is 5.32 Å². The van der Waals surface area contributed by atoms with Gasteiger partial charge in [0, 0.05) is 47.8 Å². The zero-order valence-electron chi connectivity index (χ0n) is 18.4. The highest BCUT2D eigenvalue weighted by Crippen LogP contribution is 2.25. The summed E-state index contributed by atoms with van der Waals surface area (Å²) in [5, 5.41) is 5.99. The minimum atomic E-state index is 0.577. The number of halogens is 1. The Kier molecular flexibility index (Phi) is 6.59. The van der Waals surface area contributed by atoms with Gasteiger partial charge in [-0.2, -0.15) is 0 Å². The number of hydrogen-bond acceptors (Lipinski definition) is 2. The van der Waals surface area contributed by atoms with Gasteiger partial charge >= 0.3 is 0 Å². The van der Waals surface area contributed by atoms with E-state index < -0.39 is 0 Å². The largest absolute Gasteiger partial charge is 0.343 e. The second-order valence-electron chi connectivity index (χ2n) is 8.81. The standard InChI is InChI=1S/C28H30ClN3/c29-27-12-6-4-10-23(27)20-32-21-24(26-11-5-7-13-28(26)32)18-30-25-14-16-31(17-15-25)19-22-8-2-1-3-9-22/h1-13,21,25,30H,14-20H2. The molecule has 3 aromatic carbocycles. The fourth-order valence-electron chi connectivity index (χ4n) is 4.80. The quantitative estimate of drug-likeness (QED) is 0.372. The first-order valence-corrected chi connectivity index (χ1v) is 11.9. The summed E-state index contributed by atoms with van der Waals surface area (Å²) >= 11 is 6.43. The molecular weight excluding hydrogens is 414 g/mol. The van der Waals surface area contributed by atoms with E-state index in [1.54, 1.807) is 0 Å².